The molecule has 1 atom stereocenters. The molecule has 0 saturated carbocycles. The van der Waals surface area contributed by atoms with Gasteiger partial charge in [0.15, 0.2) is 0 Å². The molecule has 90 valence electrons. The summed E-state index contributed by atoms with van der Waals surface area (Å²) in [6.07, 6.45) is 0. The first-order valence-corrected chi connectivity index (χ1v) is 7.41. The van der Waals surface area contributed by atoms with Gasteiger partial charge in [0.25, 0.3) is 0 Å². The van der Waals surface area contributed by atoms with E-state index in [2.05, 4.69) is 32.7 Å². The van der Waals surface area contributed by atoms with Crippen LogP contribution in [0.1, 0.15) is 17.2 Å². The van der Waals surface area contributed by atoms with Crippen LogP contribution in [0.15, 0.2) is 33.4 Å². The summed E-state index contributed by atoms with van der Waals surface area (Å²) >= 11 is 17.1. The molecule has 1 heterocycles. The molecule has 0 spiro atoms. The molecule has 1 aromatic heterocycles. The van der Waals surface area contributed by atoms with Crippen LogP contribution in [0.4, 0.5) is 0 Å². The Morgan fingerprint density at radius 2 is 1.94 bits per heavy atom. The van der Waals surface area contributed by atoms with Crippen molar-refractivity contribution in [2.24, 2.45) is 0 Å². The monoisotopic (exact) mass is 349 g/mol. The highest BCUT2D eigenvalue weighted by Crippen LogP contribution is 2.32. The Kier molecular flexibility index (Phi) is 4.50. The summed E-state index contributed by atoms with van der Waals surface area (Å²) in [7, 11) is 1.93. The normalized spacial score (nSPS) is 12.7. The minimum atomic E-state index is 0.132. The lowest BCUT2D eigenvalue weighted by molar-refractivity contribution is 0.694. The van der Waals surface area contributed by atoms with Crippen LogP contribution in [-0.2, 0) is 0 Å². The maximum absolute atomic E-state index is 6.04. The fourth-order valence-corrected chi connectivity index (χ4v) is 3.20. The molecule has 2 rings (SSSR count). The standard InChI is InChI=1S/C12H10BrCl2NS/c1-16-12(8-5-11(13)17-6-8)7-2-3-9(14)10(15)4-7/h2-6,12,16H,1H3. The summed E-state index contributed by atoms with van der Waals surface area (Å²) in [5, 5.41) is 6.56. The highest BCUT2D eigenvalue weighted by atomic mass is 79.9. The number of rotatable bonds is 3. The molecule has 0 aliphatic rings. The van der Waals surface area contributed by atoms with Crippen molar-refractivity contribution in [2.75, 3.05) is 7.05 Å². The van der Waals surface area contributed by atoms with Crippen LogP contribution in [0.5, 0.6) is 0 Å². The number of thiophene rings is 1. The van der Waals surface area contributed by atoms with E-state index in [4.69, 9.17) is 23.2 Å². The quantitative estimate of drug-likeness (QED) is 0.809. The summed E-state index contributed by atoms with van der Waals surface area (Å²) in [6, 6.07) is 7.95. The van der Waals surface area contributed by atoms with Crippen LogP contribution in [0.2, 0.25) is 10.0 Å². The van der Waals surface area contributed by atoms with Gasteiger partial charge in [0, 0.05) is 0 Å². The fraction of sp³-hybridized carbons (Fsp3) is 0.167. The van der Waals surface area contributed by atoms with E-state index >= 15 is 0 Å². The summed E-state index contributed by atoms with van der Waals surface area (Å²) < 4.78 is 1.12. The van der Waals surface area contributed by atoms with Crippen molar-refractivity contribution in [2.45, 2.75) is 6.04 Å². The van der Waals surface area contributed by atoms with Crippen molar-refractivity contribution in [1.82, 2.24) is 5.32 Å². The van der Waals surface area contributed by atoms with Crippen LogP contribution < -0.4 is 5.32 Å². The van der Waals surface area contributed by atoms with E-state index in [0.29, 0.717) is 10.0 Å². The Bertz CT molecular complexity index is 527. The second kappa shape index (κ2) is 5.72. The Labute approximate surface area is 123 Å². The molecule has 0 saturated heterocycles. The van der Waals surface area contributed by atoms with E-state index in [1.165, 1.54) is 5.56 Å². The van der Waals surface area contributed by atoms with Gasteiger partial charge in [-0.1, -0.05) is 29.3 Å². The van der Waals surface area contributed by atoms with Gasteiger partial charge < -0.3 is 5.32 Å². The molecule has 1 nitrogen and oxygen atoms in total. The van der Waals surface area contributed by atoms with Crippen LogP contribution in [-0.4, -0.2) is 7.05 Å². The Morgan fingerprint density at radius 1 is 1.18 bits per heavy atom. The Balaban J connectivity index is 2.38. The lowest BCUT2D eigenvalue weighted by Gasteiger charge is -2.16. The van der Waals surface area contributed by atoms with Crippen LogP contribution >= 0.6 is 50.5 Å². The van der Waals surface area contributed by atoms with E-state index < -0.39 is 0 Å². The second-order valence-electron chi connectivity index (χ2n) is 3.58. The van der Waals surface area contributed by atoms with Crippen molar-refractivity contribution in [3.63, 3.8) is 0 Å². The Morgan fingerprint density at radius 3 is 2.47 bits per heavy atom. The third kappa shape index (κ3) is 3.04. The highest BCUT2D eigenvalue weighted by molar-refractivity contribution is 9.11. The summed E-state index contributed by atoms with van der Waals surface area (Å²) in [5.74, 6) is 0. The molecule has 5 heteroatoms. The zero-order valence-electron chi connectivity index (χ0n) is 9.01. The molecule has 0 amide bonds. The molecule has 0 aliphatic carbocycles. The predicted octanol–water partition coefficient (Wildman–Crippen LogP) is 5.13. The molecular weight excluding hydrogens is 341 g/mol. The van der Waals surface area contributed by atoms with Gasteiger partial charge in [0.2, 0.25) is 0 Å². The van der Waals surface area contributed by atoms with E-state index in [-0.39, 0.29) is 6.04 Å². The minimum absolute atomic E-state index is 0.132. The lowest BCUT2D eigenvalue weighted by atomic mass is 10.0. The molecule has 1 N–H and O–H groups in total. The second-order valence-corrected chi connectivity index (χ2v) is 6.68. The number of hydrogen-bond acceptors (Lipinski definition) is 2. The van der Waals surface area contributed by atoms with Crippen LogP contribution in [0.3, 0.4) is 0 Å². The van der Waals surface area contributed by atoms with Crippen molar-refractivity contribution in [1.29, 1.82) is 0 Å². The maximum atomic E-state index is 6.04. The first-order chi connectivity index (χ1) is 8.11. The van der Waals surface area contributed by atoms with E-state index in [1.807, 2.05) is 25.2 Å². The van der Waals surface area contributed by atoms with E-state index in [9.17, 15) is 0 Å². The van der Waals surface area contributed by atoms with Gasteiger partial charge in [0.05, 0.1) is 19.9 Å². The Hall–Kier alpha value is -0.0600. The van der Waals surface area contributed by atoms with Crippen LogP contribution in [0, 0.1) is 0 Å². The lowest BCUT2D eigenvalue weighted by Crippen LogP contribution is -2.16. The smallest absolute Gasteiger partial charge is 0.0701 e. The molecule has 1 aromatic carbocycles. The van der Waals surface area contributed by atoms with Crippen molar-refractivity contribution < 1.29 is 0 Å². The molecule has 17 heavy (non-hydrogen) atoms. The third-order valence-corrected chi connectivity index (χ3v) is 4.75. The van der Waals surface area contributed by atoms with Crippen molar-refractivity contribution in [3.05, 3.63) is 54.6 Å². The topological polar surface area (TPSA) is 12.0 Å². The van der Waals surface area contributed by atoms with Crippen LogP contribution in [0.25, 0.3) is 0 Å². The average molecular weight is 351 g/mol. The highest BCUT2D eigenvalue weighted by Gasteiger charge is 2.14. The minimum Gasteiger partial charge on any atom is -0.309 e. The van der Waals surface area contributed by atoms with Gasteiger partial charge in [-0.3, -0.25) is 0 Å². The first-order valence-electron chi connectivity index (χ1n) is 4.98. The molecule has 0 aliphatic heterocycles. The van der Waals surface area contributed by atoms with Gasteiger partial charge in [0.1, 0.15) is 0 Å². The van der Waals surface area contributed by atoms with Crippen molar-refractivity contribution in [3.8, 4) is 0 Å². The summed E-state index contributed by atoms with van der Waals surface area (Å²) in [4.78, 5) is 0. The van der Waals surface area contributed by atoms with Gasteiger partial charge in [-0.05, 0) is 57.7 Å². The fourth-order valence-electron chi connectivity index (χ4n) is 1.69. The molecule has 0 radical (unpaired) electrons. The van der Waals surface area contributed by atoms with E-state index in [0.717, 1.165) is 9.35 Å². The van der Waals surface area contributed by atoms with E-state index in [1.54, 1.807) is 11.3 Å². The maximum Gasteiger partial charge on any atom is 0.0701 e. The zero-order chi connectivity index (χ0) is 12.4. The molecular formula is C12H10BrCl2NS. The predicted molar refractivity (Wildman–Crippen MR) is 79.4 cm³/mol. The van der Waals surface area contributed by atoms with Gasteiger partial charge in [-0.25, -0.2) is 0 Å². The number of benzene rings is 1. The summed E-state index contributed by atoms with van der Waals surface area (Å²) in [6.45, 7) is 0. The first kappa shape index (κ1) is 13.4. The SMILES string of the molecule is CNC(c1csc(Br)c1)c1ccc(Cl)c(Cl)c1. The number of hydrogen-bond donors (Lipinski definition) is 1. The van der Waals surface area contributed by atoms with Gasteiger partial charge in [-0.15, -0.1) is 11.3 Å². The molecule has 2 aromatic rings. The molecule has 0 fully saturated rings. The molecule has 1 unspecified atom stereocenters. The zero-order valence-corrected chi connectivity index (χ0v) is 12.9. The molecule has 0 bridgehead atoms. The number of halogens is 3. The van der Waals surface area contributed by atoms with Crippen molar-refractivity contribution >= 4 is 50.5 Å². The average Bonchev–Trinajstić information content (AvgIpc) is 2.71. The van der Waals surface area contributed by atoms with Gasteiger partial charge in [-0.2, -0.15) is 0 Å². The summed E-state index contributed by atoms with van der Waals surface area (Å²) in [5.41, 5.74) is 2.31. The van der Waals surface area contributed by atoms with Gasteiger partial charge >= 0.3 is 0 Å². The number of nitrogens with one attached hydrogen (secondary N) is 1. The third-order valence-electron chi connectivity index (χ3n) is 2.49. The largest absolute Gasteiger partial charge is 0.309 e.